The summed E-state index contributed by atoms with van der Waals surface area (Å²) >= 11 is 4.38. The molecule has 0 aliphatic carbocycles. The smallest absolute Gasteiger partial charge is 0.271 e. The van der Waals surface area contributed by atoms with Gasteiger partial charge in [0, 0.05) is 9.13 Å². The van der Waals surface area contributed by atoms with Gasteiger partial charge in [0.1, 0.15) is 0 Å². The standard InChI is InChI=1S/C18H18I2N2O3/c1-11(2)25-17-15(20)8-12(9-16(17)24-3)10-21-22-18(23)13-4-6-14(19)7-5-13/h4-11H,1-3H3,(H,22,23)/b21-10-. The molecule has 2 aromatic carbocycles. The van der Waals surface area contributed by atoms with E-state index in [9.17, 15) is 4.79 Å². The first-order valence-electron chi connectivity index (χ1n) is 7.54. The van der Waals surface area contributed by atoms with E-state index in [1.54, 1.807) is 25.5 Å². The van der Waals surface area contributed by atoms with Crippen LogP contribution in [0.5, 0.6) is 11.5 Å². The van der Waals surface area contributed by atoms with Gasteiger partial charge in [-0.15, -0.1) is 0 Å². The SMILES string of the molecule is COc1cc(/C=N\NC(=O)c2ccc(I)cc2)cc(I)c1OC(C)C. The molecule has 0 saturated heterocycles. The first kappa shape index (κ1) is 20.0. The van der Waals surface area contributed by atoms with Gasteiger partial charge in [0.05, 0.1) is 23.0 Å². The molecule has 0 aliphatic rings. The van der Waals surface area contributed by atoms with Crippen LogP contribution in [0.3, 0.4) is 0 Å². The van der Waals surface area contributed by atoms with Crippen molar-refractivity contribution in [2.75, 3.05) is 7.11 Å². The second-order valence-electron chi connectivity index (χ2n) is 5.41. The van der Waals surface area contributed by atoms with Crippen LogP contribution in [0.4, 0.5) is 0 Å². The van der Waals surface area contributed by atoms with E-state index in [1.165, 1.54) is 0 Å². The zero-order chi connectivity index (χ0) is 18.4. The minimum atomic E-state index is -0.255. The second-order valence-corrected chi connectivity index (χ2v) is 7.81. The number of methoxy groups -OCH3 is 1. The number of rotatable bonds is 6. The van der Waals surface area contributed by atoms with Crippen LogP contribution in [0.1, 0.15) is 29.8 Å². The van der Waals surface area contributed by atoms with Gasteiger partial charge in [-0.2, -0.15) is 5.10 Å². The number of hydrogen-bond acceptors (Lipinski definition) is 4. The third kappa shape index (κ3) is 5.84. The molecule has 0 spiro atoms. The maximum absolute atomic E-state index is 12.0. The van der Waals surface area contributed by atoms with Crippen LogP contribution in [0.25, 0.3) is 0 Å². The predicted molar refractivity (Wildman–Crippen MR) is 116 cm³/mol. The van der Waals surface area contributed by atoms with E-state index in [4.69, 9.17) is 9.47 Å². The van der Waals surface area contributed by atoms with Crippen molar-refractivity contribution in [2.45, 2.75) is 20.0 Å². The van der Waals surface area contributed by atoms with E-state index in [1.807, 2.05) is 38.1 Å². The molecule has 25 heavy (non-hydrogen) atoms. The monoisotopic (exact) mass is 564 g/mol. The van der Waals surface area contributed by atoms with Gasteiger partial charge in [-0.1, -0.05) is 0 Å². The number of hydrogen-bond donors (Lipinski definition) is 1. The van der Waals surface area contributed by atoms with E-state index >= 15 is 0 Å². The van der Waals surface area contributed by atoms with Gasteiger partial charge in [-0.25, -0.2) is 5.43 Å². The Balaban J connectivity index is 2.11. The number of ether oxygens (including phenoxy) is 2. The summed E-state index contributed by atoms with van der Waals surface area (Å²) in [5.74, 6) is 1.08. The van der Waals surface area contributed by atoms with Crippen molar-refractivity contribution in [3.8, 4) is 11.5 Å². The molecule has 0 aliphatic heterocycles. The number of hydrazone groups is 1. The molecule has 0 aromatic heterocycles. The van der Waals surface area contributed by atoms with Crippen molar-refractivity contribution in [3.05, 3.63) is 54.7 Å². The molecule has 0 atom stereocenters. The second kappa shape index (κ2) is 9.37. The van der Waals surface area contributed by atoms with E-state index in [2.05, 4.69) is 55.7 Å². The lowest BCUT2D eigenvalue weighted by atomic mass is 10.2. The summed E-state index contributed by atoms with van der Waals surface area (Å²) in [7, 11) is 1.60. The highest BCUT2D eigenvalue weighted by molar-refractivity contribution is 14.1. The number of carbonyl (C=O) groups excluding carboxylic acids is 1. The minimum Gasteiger partial charge on any atom is -0.493 e. The normalized spacial score (nSPS) is 11.0. The van der Waals surface area contributed by atoms with Gasteiger partial charge < -0.3 is 9.47 Å². The molecule has 7 heteroatoms. The Morgan fingerprint density at radius 3 is 2.48 bits per heavy atom. The summed E-state index contributed by atoms with van der Waals surface area (Å²) in [6.07, 6.45) is 1.63. The molecule has 2 rings (SSSR count). The van der Waals surface area contributed by atoms with E-state index in [0.717, 1.165) is 12.7 Å². The first-order valence-corrected chi connectivity index (χ1v) is 9.69. The van der Waals surface area contributed by atoms with E-state index in [0.29, 0.717) is 17.1 Å². The van der Waals surface area contributed by atoms with Gasteiger partial charge in [-0.3, -0.25) is 4.79 Å². The van der Waals surface area contributed by atoms with Crippen LogP contribution in [0.2, 0.25) is 0 Å². The van der Waals surface area contributed by atoms with Crippen LogP contribution >= 0.6 is 45.2 Å². The van der Waals surface area contributed by atoms with Crippen LogP contribution in [-0.2, 0) is 0 Å². The van der Waals surface area contributed by atoms with Crippen molar-refractivity contribution >= 4 is 57.3 Å². The number of benzene rings is 2. The lowest BCUT2D eigenvalue weighted by molar-refractivity contribution is 0.0955. The van der Waals surface area contributed by atoms with Gasteiger partial charge in [0.15, 0.2) is 11.5 Å². The number of halogens is 2. The molecule has 0 bridgehead atoms. The van der Waals surface area contributed by atoms with Gasteiger partial charge in [0.2, 0.25) is 0 Å². The zero-order valence-corrected chi connectivity index (χ0v) is 18.4. The molecule has 0 saturated carbocycles. The summed E-state index contributed by atoms with van der Waals surface area (Å²) in [5.41, 5.74) is 3.89. The Morgan fingerprint density at radius 1 is 1.20 bits per heavy atom. The lowest BCUT2D eigenvalue weighted by Crippen LogP contribution is -2.17. The Kier molecular flexibility index (Phi) is 7.48. The predicted octanol–water partition coefficient (Wildman–Crippen LogP) is 4.46. The van der Waals surface area contributed by atoms with Crippen LogP contribution in [0, 0.1) is 7.14 Å². The Labute approximate surface area is 174 Å². The summed E-state index contributed by atoms with van der Waals surface area (Å²) in [5, 5.41) is 4.02. The van der Waals surface area contributed by atoms with E-state index < -0.39 is 0 Å². The highest BCUT2D eigenvalue weighted by Crippen LogP contribution is 2.34. The molecule has 1 N–H and O–H groups in total. The maximum Gasteiger partial charge on any atom is 0.271 e. The number of carbonyl (C=O) groups is 1. The van der Waals surface area contributed by atoms with Crippen molar-refractivity contribution in [1.29, 1.82) is 0 Å². The summed E-state index contributed by atoms with van der Waals surface area (Å²) in [6, 6.07) is 11.0. The maximum atomic E-state index is 12.0. The Bertz CT molecular complexity index is 775. The average Bonchev–Trinajstić information content (AvgIpc) is 2.57. The highest BCUT2D eigenvalue weighted by Gasteiger charge is 2.12. The molecule has 0 heterocycles. The van der Waals surface area contributed by atoms with Crippen molar-refractivity contribution in [1.82, 2.24) is 5.43 Å². The van der Waals surface area contributed by atoms with Gasteiger partial charge in [0.25, 0.3) is 5.91 Å². The molecular formula is C18H18I2N2O3. The summed E-state index contributed by atoms with van der Waals surface area (Å²) in [6.45, 7) is 3.93. The first-order chi connectivity index (χ1) is 11.9. The van der Waals surface area contributed by atoms with Crippen LogP contribution < -0.4 is 14.9 Å². The summed E-state index contributed by atoms with van der Waals surface area (Å²) < 4.78 is 13.2. The molecular weight excluding hydrogens is 546 g/mol. The van der Waals surface area contributed by atoms with Crippen molar-refractivity contribution in [2.24, 2.45) is 5.10 Å². The van der Waals surface area contributed by atoms with Crippen molar-refractivity contribution < 1.29 is 14.3 Å². The fourth-order valence-corrected chi connectivity index (χ4v) is 3.11. The van der Waals surface area contributed by atoms with E-state index in [-0.39, 0.29) is 12.0 Å². The van der Waals surface area contributed by atoms with Crippen LogP contribution in [0.15, 0.2) is 41.5 Å². The Morgan fingerprint density at radius 2 is 1.88 bits per heavy atom. The molecule has 0 radical (unpaired) electrons. The third-order valence-electron chi connectivity index (χ3n) is 3.09. The Hall–Kier alpha value is -1.36. The third-order valence-corrected chi connectivity index (χ3v) is 4.61. The van der Waals surface area contributed by atoms with Crippen LogP contribution in [-0.4, -0.2) is 25.3 Å². The number of nitrogens with one attached hydrogen (secondary N) is 1. The molecule has 5 nitrogen and oxygen atoms in total. The zero-order valence-electron chi connectivity index (χ0n) is 14.0. The average molecular weight is 564 g/mol. The number of nitrogens with zero attached hydrogens (tertiary/aromatic N) is 1. The fourth-order valence-electron chi connectivity index (χ4n) is 2.00. The minimum absolute atomic E-state index is 0.0511. The molecule has 0 unspecified atom stereocenters. The quantitative estimate of drug-likeness (QED) is 0.321. The van der Waals surface area contributed by atoms with Gasteiger partial charge >= 0.3 is 0 Å². The molecule has 2 aromatic rings. The number of amides is 1. The largest absolute Gasteiger partial charge is 0.493 e. The highest BCUT2D eigenvalue weighted by atomic mass is 127. The van der Waals surface area contributed by atoms with Crippen molar-refractivity contribution in [3.63, 3.8) is 0 Å². The fraction of sp³-hybridized carbons (Fsp3) is 0.222. The lowest BCUT2D eigenvalue weighted by Gasteiger charge is -2.15. The molecule has 1 amide bonds. The molecule has 132 valence electrons. The topological polar surface area (TPSA) is 59.9 Å². The van der Waals surface area contributed by atoms with Gasteiger partial charge in [-0.05, 0) is 101 Å². The molecule has 0 fully saturated rings. The summed E-state index contributed by atoms with van der Waals surface area (Å²) in [4.78, 5) is 12.0.